The third-order valence-electron chi connectivity index (χ3n) is 2.85. The SMILES string of the molecule is Cc1cc(C(=O)c2ccc(CC(C)C)cc2)co1. The van der Waals surface area contributed by atoms with Crippen LogP contribution in [0.4, 0.5) is 0 Å². The third-order valence-corrected chi connectivity index (χ3v) is 2.85. The standard InChI is InChI=1S/C16H18O2/c1-11(2)8-13-4-6-14(7-5-13)16(17)15-9-12(3)18-10-15/h4-7,9-11H,8H2,1-3H3. The van der Waals surface area contributed by atoms with Gasteiger partial charge in [-0.1, -0.05) is 38.1 Å². The third kappa shape index (κ3) is 2.89. The lowest BCUT2D eigenvalue weighted by atomic mass is 9.99. The Morgan fingerprint density at radius 2 is 1.83 bits per heavy atom. The van der Waals surface area contributed by atoms with Crippen LogP contribution in [0.1, 0.15) is 41.1 Å². The number of benzene rings is 1. The van der Waals surface area contributed by atoms with E-state index in [0.29, 0.717) is 17.0 Å². The quantitative estimate of drug-likeness (QED) is 0.758. The van der Waals surface area contributed by atoms with E-state index in [1.807, 2.05) is 31.2 Å². The number of aryl methyl sites for hydroxylation is 1. The van der Waals surface area contributed by atoms with Gasteiger partial charge in [-0.25, -0.2) is 0 Å². The van der Waals surface area contributed by atoms with Gasteiger partial charge in [0.05, 0.1) is 5.56 Å². The molecule has 94 valence electrons. The highest BCUT2D eigenvalue weighted by atomic mass is 16.3. The first-order chi connectivity index (χ1) is 8.56. The topological polar surface area (TPSA) is 30.2 Å². The van der Waals surface area contributed by atoms with Gasteiger partial charge in [0.1, 0.15) is 12.0 Å². The summed E-state index contributed by atoms with van der Waals surface area (Å²) in [4.78, 5) is 12.1. The van der Waals surface area contributed by atoms with Crippen molar-refractivity contribution in [1.29, 1.82) is 0 Å². The Balaban J connectivity index is 2.17. The van der Waals surface area contributed by atoms with E-state index in [-0.39, 0.29) is 5.78 Å². The van der Waals surface area contributed by atoms with Gasteiger partial charge in [0.2, 0.25) is 0 Å². The molecule has 0 aliphatic heterocycles. The molecule has 0 aliphatic rings. The Bertz CT molecular complexity index is 532. The highest BCUT2D eigenvalue weighted by molar-refractivity contribution is 6.08. The molecule has 0 bridgehead atoms. The first-order valence-corrected chi connectivity index (χ1v) is 6.25. The van der Waals surface area contributed by atoms with E-state index in [1.165, 1.54) is 11.8 Å². The highest BCUT2D eigenvalue weighted by Crippen LogP contribution is 2.15. The predicted molar refractivity (Wildman–Crippen MR) is 71.9 cm³/mol. The lowest BCUT2D eigenvalue weighted by Crippen LogP contribution is -2.00. The average molecular weight is 242 g/mol. The van der Waals surface area contributed by atoms with Crippen molar-refractivity contribution in [3.63, 3.8) is 0 Å². The summed E-state index contributed by atoms with van der Waals surface area (Å²) in [6.07, 6.45) is 2.55. The van der Waals surface area contributed by atoms with Crippen molar-refractivity contribution in [3.05, 3.63) is 59.0 Å². The van der Waals surface area contributed by atoms with Crippen molar-refractivity contribution in [2.45, 2.75) is 27.2 Å². The molecule has 2 aromatic rings. The van der Waals surface area contributed by atoms with Crippen molar-refractivity contribution in [3.8, 4) is 0 Å². The zero-order valence-corrected chi connectivity index (χ0v) is 11.1. The summed E-state index contributed by atoms with van der Waals surface area (Å²) in [7, 11) is 0. The molecule has 0 saturated carbocycles. The molecule has 0 spiro atoms. The molecular weight excluding hydrogens is 224 g/mol. The van der Waals surface area contributed by atoms with E-state index in [4.69, 9.17) is 4.42 Å². The number of rotatable bonds is 4. The molecule has 0 atom stereocenters. The molecule has 2 heteroatoms. The zero-order valence-electron chi connectivity index (χ0n) is 11.1. The molecular formula is C16H18O2. The molecule has 1 heterocycles. The highest BCUT2D eigenvalue weighted by Gasteiger charge is 2.11. The van der Waals surface area contributed by atoms with E-state index >= 15 is 0 Å². The van der Waals surface area contributed by atoms with Crippen LogP contribution in [-0.4, -0.2) is 5.78 Å². The van der Waals surface area contributed by atoms with E-state index in [9.17, 15) is 4.79 Å². The van der Waals surface area contributed by atoms with Gasteiger partial charge in [-0.2, -0.15) is 0 Å². The summed E-state index contributed by atoms with van der Waals surface area (Å²) in [5.74, 6) is 1.40. The van der Waals surface area contributed by atoms with Crippen LogP contribution in [0.2, 0.25) is 0 Å². The van der Waals surface area contributed by atoms with Gasteiger partial charge in [0, 0.05) is 5.56 Å². The Morgan fingerprint density at radius 1 is 1.17 bits per heavy atom. The predicted octanol–water partition coefficient (Wildman–Crippen LogP) is 4.02. The molecule has 0 saturated heterocycles. The Morgan fingerprint density at radius 3 is 2.33 bits per heavy atom. The fourth-order valence-electron chi connectivity index (χ4n) is 1.99. The van der Waals surface area contributed by atoms with Crippen LogP contribution in [-0.2, 0) is 6.42 Å². The Kier molecular flexibility index (Phi) is 3.66. The van der Waals surface area contributed by atoms with E-state index < -0.39 is 0 Å². The van der Waals surface area contributed by atoms with Gasteiger partial charge in [0.15, 0.2) is 5.78 Å². The Labute approximate surface area is 108 Å². The van der Waals surface area contributed by atoms with Gasteiger partial charge in [-0.05, 0) is 30.9 Å². The van der Waals surface area contributed by atoms with Crippen LogP contribution in [0.15, 0.2) is 41.0 Å². The summed E-state index contributed by atoms with van der Waals surface area (Å²) in [5, 5.41) is 0. The van der Waals surface area contributed by atoms with Crippen LogP contribution < -0.4 is 0 Å². The molecule has 2 rings (SSSR count). The summed E-state index contributed by atoms with van der Waals surface area (Å²) in [5.41, 5.74) is 2.59. The molecule has 0 N–H and O–H groups in total. The number of hydrogen-bond donors (Lipinski definition) is 0. The van der Waals surface area contributed by atoms with E-state index in [0.717, 1.165) is 12.2 Å². The van der Waals surface area contributed by atoms with Gasteiger partial charge in [-0.15, -0.1) is 0 Å². The number of carbonyl (C=O) groups is 1. The largest absolute Gasteiger partial charge is 0.469 e. The molecule has 18 heavy (non-hydrogen) atoms. The van der Waals surface area contributed by atoms with Gasteiger partial charge >= 0.3 is 0 Å². The molecule has 0 unspecified atom stereocenters. The van der Waals surface area contributed by atoms with Crippen molar-refractivity contribution >= 4 is 5.78 Å². The molecule has 0 amide bonds. The molecule has 0 fully saturated rings. The summed E-state index contributed by atoms with van der Waals surface area (Å²) in [6, 6.07) is 9.61. The first-order valence-electron chi connectivity index (χ1n) is 6.25. The molecule has 0 aliphatic carbocycles. The number of hydrogen-bond acceptors (Lipinski definition) is 2. The summed E-state index contributed by atoms with van der Waals surface area (Å²) in [6.45, 7) is 6.21. The second kappa shape index (κ2) is 5.21. The lowest BCUT2D eigenvalue weighted by Gasteiger charge is -2.05. The van der Waals surface area contributed by atoms with E-state index in [2.05, 4.69) is 13.8 Å². The fourth-order valence-corrected chi connectivity index (χ4v) is 1.99. The van der Waals surface area contributed by atoms with E-state index in [1.54, 1.807) is 6.07 Å². The average Bonchev–Trinajstić information content (AvgIpc) is 2.75. The normalized spacial score (nSPS) is 10.9. The van der Waals surface area contributed by atoms with Gasteiger partial charge in [-0.3, -0.25) is 4.79 Å². The summed E-state index contributed by atoms with van der Waals surface area (Å²) >= 11 is 0. The van der Waals surface area contributed by atoms with Crippen LogP contribution in [0, 0.1) is 12.8 Å². The molecule has 2 nitrogen and oxygen atoms in total. The Hall–Kier alpha value is -1.83. The smallest absolute Gasteiger partial charge is 0.196 e. The van der Waals surface area contributed by atoms with Crippen molar-refractivity contribution in [1.82, 2.24) is 0 Å². The number of carbonyl (C=O) groups excluding carboxylic acids is 1. The number of ketones is 1. The van der Waals surface area contributed by atoms with Crippen molar-refractivity contribution < 1.29 is 9.21 Å². The maximum absolute atomic E-state index is 12.1. The van der Waals surface area contributed by atoms with Crippen LogP contribution in [0.25, 0.3) is 0 Å². The fraction of sp³-hybridized carbons (Fsp3) is 0.312. The zero-order chi connectivity index (χ0) is 13.1. The maximum atomic E-state index is 12.1. The second-order valence-electron chi connectivity index (χ2n) is 5.07. The van der Waals surface area contributed by atoms with Crippen LogP contribution >= 0.6 is 0 Å². The molecule has 0 radical (unpaired) electrons. The molecule has 1 aromatic carbocycles. The molecule has 1 aromatic heterocycles. The minimum absolute atomic E-state index is 0.0166. The van der Waals surface area contributed by atoms with Crippen LogP contribution in [0.5, 0.6) is 0 Å². The van der Waals surface area contributed by atoms with Crippen molar-refractivity contribution in [2.24, 2.45) is 5.92 Å². The first kappa shape index (κ1) is 12.6. The minimum Gasteiger partial charge on any atom is -0.469 e. The van der Waals surface area contributed by atoms with Crippen molar-refractivity contribution in [2.75, 3.05) is 0 Å². The minimum atomic E-state index is 0.0166. The van der Waals surface area contributed by atoms with Gasteiger partial charge < -0.3 is 4.42 Å². The van der Waals surface area contributed by atoms with Gasteiger partial charge in [0.25, 0.3) is 0 Å². The maximum Gasteiger partial charge on any atom is 0.196 e. The monoisotopic (exact) mass is 242 g/mol. The second-order valence-corrected chi connectivity index (χ2v) is 5.07. The summed E-state index contributed by atoms with van der Waals surface area (Å²) < 4.78 is 5.16. The number of furan rings is 1. The van der Waals surface area contributed by atoms with Crippen LogP contribution in [0.3, 0.4) is 0 Å². The lowest BCUT2D eigenvalue weighted by molar-refractivity contribution is 0.103.